The van der Waals surface area contributed by atoms with Gasteiger partial charge in [-0.1, -0.05) is 36.4 Å². The Kier molecular flexibility index (Phi) is 2.23. The molecule has 3 aliphatic rings. The molecule has 4 nitrogen and oxygen atoms in total. The molecule has 2 bridgehead atoms. The van der Waals surface area contributed by atoms with E-state index in [1.807, 2.05) is 0 Å². The predicted octanol–water partition coefficient (Wildman–Crippen LogP) is 5.66. The molecule has 2 atom stereocenters. The number of ether oxygens (including phenoxy) is 1. The van der Waals surface area contributed by atoms with Gasteiger partial charge in [0, 0.05) is 33.3 Å². The van der Waals surface area contributed by atoms with Crippen LogP contribution in [0.2, 0.25) is 0 Å². The van der Waals surface area contributed by atoms with E-state index in [0.29, 0.717) is 0 Å². The lowest BCUT2D eigenvalue weighted by Crippen LogP contribution is -2.07. The van der Waals surface area contributed by atoms with Crippen LogP contribution < -0.4 is 0 Å². The van der Waals surface area contributed by atoms with Crippen molar-refractivity contribution in [1.29, 1.82) is 0 Å². The molecule has 2 aromatic heterocycles. The predicted molar refractivity (Wildman–Crippen MR) is 112 cm³/mol. The van der Waals surface area contributed by atoms with Crippen LogP contribution in [0.3, 0.4) is 0 Å². The summed E-state index contributed by atoms with van der Waals surface area (Å²) >= 11 is 0. The third kappa shape index (κ3) is 1.36. The van der Waals surface area contributed by atoms with Crippen LogP contribution in [-0.4, -0.2) is 15.3 Å². The molecule has 5 aromatic rings. The first-order chi connectivity index (χ1) is 13.9. The van der Waals surface area contributed by atoms with Crippen molar-refractivity contribution in [2.45, 2.75) is 31.8 Å². The topological polar surface area (TPSA) is 31.4 Å². The van der Waals surface area contributed by atoms with E-state index >= 15 is 0 Å². The Morgan fingerprint density at radius 1 is 0.786 bits per heavy atom. The molecule has 5 heterocycles. The molecule has 0 amide bonds. The second-order valence-corrected chi connectivity index (χ2v) is 8.21. The zero-order chi connectivity index (χ0) is 18.0. The summed E-state index contributed by atoms with van der Waals surface area (Å²) in [4.78, 5) is 4.71. The Balaban J connectivity index is 1.82. The lowest BCUT2D eigenvalue weighted by Gasteiger charge is -2.15. The first kappa shape index (κ1) is 14.0. The van der Waals surface area contributed by atoms with Crippen molar-refractivity contribution in [2.75, 3.05) is 0 Å². The number of hydrogen-bond donors (Lipinski definition) is 0. The highest BCUT2D eigenvalue weighted by atomic mass is 16.5. The van der Waals surface area contributed by atoms with Crippen LogP contribution in [-0.2, 0) is 11.3 Å². The van der Waals surface area contributed by atoms with Crippen molar-refractivity contribution < 1.29 is 4.74 Å². The van der Waals surface area contributed by atoms with Gasteiger partial charge in [0.15, 0.2) is 0 Å². The summed E-state index contributed by atoms with van der Waals surface area (Å²) in [5.74, 6) is 0. The first-order valence-electron chi connectivity index (χ1n) is 10.1. The number of nitrogens with zero attached hydrogens (tertiary/aromatic N) is 3. The van der Waals surface area contributed by atoms with E-state index in [1.54, 1.807) is 0 Å². The molecular formula is C24H17N3O. The molecule has 0 radical (unpaired) electrons. The van der Waals surface area contributed by atoms with Gasteiger partial charge in [-0.15, -0.1) is 0 Å². The van der Waals surface area contributed by atoms with E-state index < -0.39 is 0 Å². The van der Waals surface area contributed by atoms with Gasteiger partial charge in [-0.05, 0) is 30.5 Å². The van der Waals surface area contributed by atoms with Crippen molar-refractivity contribution in [3.05, 3.63) is 59.7 Å². The highest BCUT2D eigenvalue weighted by molar-refractivity contribution is 6.29. The zero-order valence-electron chi connectivity index (χ0n) is 15.2. The number of fused-ring (bicyclic) bond motifs is 13. The normalized spacial score (nSPS) is 22.3. The second-order valence-electron chi connectivity index (χ2n) is 8.21. The second kappa shape index (κ2) is 4.47. The van der Waals surface area contributed by atoms with Gasteiger partial charge in [0.2, 0.25) is 0 Å². The van der Waals surface area contributed by atoms with Crippen molar-refractivity contribution in [3.63, 3.8) is 0 Å². The van der Waals surface area contributed by atoms with Crippen LogP contribution in [0.5, 0.6) is 0 Å². The molecule has 0 aliphatic carbocycles. The van der Waals surface area contributed by atoms with Gasteiger partial charge in [0.25, 0.3) is 0 Å². The number of rotatable bonds is 0. The Hall–Kier alpha value is -3.11. The number of hydrogen-bond acceptors (Lipinski definition) is 2. The average molecular weight is 363 g/mol. The highest BCUT2D eigenvalue weighted by Crippen LogP contribution is 2.52. The monoisotopic (exact) mass is 363 g/mol. The summed E-state index contributed by atoms with van der Waals surface area (Å²) in [7, 11) is 0. The van der Waals surface area contributed by atoms with Gasteiger partial charge in [0.1, 0.15) is 12.5 Å². The standard InChI is InChI=1S/C24H17N3O/c1-3-7-17-13(5-1)21-15-11-25-12-16(15)22-14-6-2-4-8-18(14)27-20-10-9-19(28-20)26(17)23(21)24(22)27/h1-8,11,19-20H,9-10,12H2. The smallest absolute Gasteiger partial charge is 0.137 e. The molecule has 2 unspecified atom stereocenters. The van der Waals surface area contributed by atoms with Gasteiger partial charge in [-0.2, -0.15) is 0 Å². The van der Waals surface area contributed by atoms with E-state index in [0.717, 1.165) is 19.4 Å². The summed E-state index contributed by atoms with van der Waals surface area (Å²) in [5.41, 5.74) is 7.90. The molecule has 1 fully saturated rings. The van der Waals surface area contributed by atoms with Gasteiger partial charge in [0.05, 0.1) is 28.6 Å². The van der Waals surface area contributed by atoms with Crippen LogP contribution in [0.4, 0.5) is 0 Å². The number of benzene rings is 3. The van der Waals surface area contributed by atoms with Crippen LogP contribution in [0.1, 0.15) is 36.4 Å². The average Bonchev–Trinajstić information content (AvgIpc) is 3.46. The fraction of sp³-hybridized carbons (Fsp3) is 0.208. The quantitative estimate of drug-likeness (QED) is 0.349. The van der Waals surface area contributed by atoms with E-state index in [4.69, 9.17) is 9.73 Å². The summed E-state index contributed by atoms with van der Waals surface area (Å²) in [6.07, 6.45) is 4.41. The Morgan fingerprint density at radius 3 is 2.11 bits per heavy atom. The molecule has 134 valence electrons. The van der Waals surface area contributed by atoms with Crippen LogP contribution in [0, 0.1) is 0 Å². The van der Waals surface area contributed by atoms with Crippen LogP contribution in [0.25, 0.3) is 43.6 Å². The SMILES string of the molecule is C1=NCc2c1c1c3ccccc3n3c1c1c2c2ccccc2n1C1CCC3O1. The summed E-state index contributed by atoms with van der Waals surface area (Å²) in [6.45, 7) is 0.768. The Morgan fingerprint density at radius 2 is 1.39 bits per heavy atom. The minimum atomic E-state index is 0.102. The molecule has 3 aromatic carbocycles. The maximum Gasteiger partial charge on any atom is 0.137 e. The summed E-state index contributed by atoms with van der Waals surface area (Å²) in [6, 6.07) is 17.6. The summed E-state index contributed by atoms with van der Waals surface area (Å²) < 4.78 is 11.6. The maximum absolute atomic E-state index is 6.64. The van der Waals surface area contributed by atoms with Crippen molar-refractivity contribution in [2.24, 2.45) is 4.99 Å². The molecule has 0 N–H and O–H groups in total. The van der Waals surface area contributed by atoms with Crippen molar-refractivity contribution in [3.8, 4) is 0 Å². The lowest BCUT2D eigenvalue weighted by atomic mass is 9.97. The van der Waals surface area contributed by atoms with Crippen molar-refractivity contribution in [1.82, 2.24) is 9.13 Å². The molecule has 3 aliphatic heterocycles. The van der Waals surface area contributed by atoms with Crippen LogP contribution >= 0.6 is 0 Å². The largest absolute Gasteiger partial charge is 0.335 e. The first-order valence-corrected chi connectivity index (χ1v) is 10.1. The molecule has 4 heteroatoms. The Labute approximate surface area is 160 Å². The Bertz CT molecular complexity index is 1530. The fourth-order valence-electron chi connectivity index (χ4n) is 5.97. The number of aromatic nitrogens is 2. The van der Waals surface area contributed by atoms with Gasteiger partial charge in [-0.25, -0.2) is 0 Å². The number of aliphatic imine (C=N–C) groups is 1. The number of para-hydroxylation sites is 2. The minimum Gasteiger partial charge on any atom is -0.335 e. The van der Waals surface area contributed by atoms with E-state index in [-0.39, 0.29) is 12.5 Å². The van der Waals surface area contributed by atoms with E-state index in [9.17, 15) is 0 Å². The molecular weight excluding hydrogens is 346 g/mol. The molecule has 28 heavy (non-hydrogen) atoms. The highest BCUT2D eigenvalue weighted by Gasteiger charge is 2.38. The molecule has 0 spiro atoms. The summed E-state index contributed by atoms with van der Waals surface area (Å²) in [5, 5.41) is 5.36. The van der Waals surface area contributed by atoms with E-state index in [2.05, 4.69) is 63.9 Å². The minimum absolute atomic E-state index is 0.102. The lowest BCUT2D eigenvalue weighted by molar-refractivity contribution is -0.0229. The molecule has 8 rings (SSSR count). The van der Waals surface area contributed by atoms with Gasteiger partial charge >= 0.3 is 0 Å². The van der Waals surface area contributed by atoms with Crippen molar-refractivity contribution >= 4 is 49.8 Å². The zero-order valence-corrected chi connectivity index (χ0v) is 15.2. The maximum atomic E-state index is 6.64. The van der Waals surface area contributed by atoms with E-state index in [1.165, 1.54) is 54.7 Å². The third-order valence-electron chi connectivity index (χ3n) is 6.96. The fourth-order valence-corrected chi connectivity index (χ4v) is 5.97. The third-order valence-corrected chi connectivity index (χ3v) is 6.96. The molecule has 1 saturated heterocycles. The van der Waals surface area contributed by atoms with Gasteiger partial charge in [-0.3, -0.25) is 4.99 Å². The van der Waals surface area contributed by atoms with Crippen LogP contribution in [0.15, 0.2) is 53.5 Å². The van der Waals surface area contributed by atoms with Gasteiger partial charge < -0.3 is 13.9 Å². The molecule has 0 saturated carbocycles.